The molecule has 0 nitrogen and oxygen atoms in total. The Bertz CT molecular complexity index is 8.00. The Morgan fingerprint density at radius 1 is 1.00 bits per heavy atom. The van der Waals surface area contributed by atoms with E-state index in [1.165, 1.54) is 0 Å². The van der Waals surface area contributed by atoms with Crippen LogP contribution in [0.1, 0.15) is 0 Å². The van der Waals surface area contributed by atoms with Crippen LogP contribution in [0.3, 0.4) is 0 Å². The first-order valence-electron chi connectivity index (χ1n) is 0. The van der Waals surface area contributed by atoms with Gasteiger partial charge in [0.1, 0.15) is 0 Å². The van der Waals surface area contributed by atoms with Crippen LogP contribution in [0.2, 0.25) is 0 Å². The van der Waals surface area contributed by atoms with Gasteiger partial charge in [-0.25, -0.2) is 0 Å². The smallest absolute Gasteiger partial charge is 0 e. The molecule has 0 unspecified atom stereocenters. The second kappa shape index (κ2) is 17.0. The molecule has 0 rings (SSSR count). The predicted octanol–water partition coefficient (Wildman–Crippen LogP) is -0.767. The van der Waals surface area contributed by atoms with Gasteiger partial charge in [0.05, 0.1) is 0 Å². The summed E-state index contributed by atoms with van der Waals surface area (Å²) in [6.07, 6.45) is 0. The quantitative estimate of drug-likeness (QED) is 0.414. The summed E-state index contributed by atoms with van der Waals surface area (Å²) < 4.78 is 0. The van der Waals surface area contributed by atoms with E-state index in [0.29, 0.717) is 0 Å². The summed E-state index contributed by atoms with van der Waals surface area (Å²) in [5, 5.41) is 0. The summed E-state index contributed by atoms with van der Waals surface area (Å²) in [5.41, 5.74) is 0. The van der Waals surface area contributed by atoms with E-state index in [-0.39, 0.29) is 86.7 Å². The van der Waals surface area contributed by atoms with Crippen molar-refractivity contribution in [2.24, 2.45) is 0 Å². The number of rotatable bonds is 0. The van der Waals surface area contributed by atoms with E-state index in [1.54, 1.807) is 0 Å². The monoisotopic (exact) mass is 165 g/mol. The Balaban J connectivity index is 0. The van der Waals surface area contributed by atoms with Gasteiger partial charge in [-0.2, -0.15) is 0 Å². The fourth-order valence-corrected chi connectivity index (χ4v) is 0. The van der Waals surface area contributed by atoms with Crippen LogP contribution in [0.15, 0.2) is 0 Å². The van der Waals surface area contributed by atoms with E-state index in [2.05, 4.69) is 0 Å². The number of hydrogen-bond acceptors (Lipinski definition) is 0. The van der Waals surface area contributed by atoms with Crippen LogP contribution in [-0.4, -0.2) is 52.6 Å². The van der Waals surface area contributed by atoms with E-state index in [4.69, 9.17) is 0 Å². The maximum absolute atomic E-state index is 0. The first-order chi connectivity index (χ1) is 0. The molecule has 0 saturated heterocycles. The molecule has 0 aliphatic rings. The number of hydrogen-bond donors (Lipinski definition) is 0. The minimum Gasteiger partial charge on any atom is 0 e. The second-order valence-electron chi connectivity index (χ2n) is 0. The van der Waals surface area contributed by atoms with Gasteiger partial charge in [-0.1, -0.05) is 0 Å². The van der Waals surface area contributed by atoms with E-state index < -0.39 is 0 Å². The van der Waals surface area contributed by atoms with Gasteiger partial charge in [-0.15, -0.1) is 0 Å². The molecule has 0 amide bonds. The summed E-state index contributed by atoms with van der Waals surface area (Å²) in [6.45, 7) is 0. The van der Waals surface area contributed by atoms with Gasteiger partial charge in [0, 0.05) is 86.7 Å². The van der Waals surface area contributed by atoms with Gasteiger partial charge in [0.25, 0.3) is 0 Å². The van der Waals surface area contributed by atoms with E-state index in [1.807, 2.05) is 0 Å². The van der Waals surface area contributed by atoms with Crippen molar-refractivity contribution in [2.75, 3.05) is 0 Å². The van der Waals surface area contributed by atoms with E-state index in [9.17, 15) is 0 Å². The van der Waals surface area contributed by atoms with Crippen molar-refractivity contribution < 1.29 is 34.1 Å². The van der Waals surface area contributed by atoms with Crippen LogP contribution in [0.25, 0.3) is 0 Å². The zero-order valence-corrected chi connectivity index (χ0v) is 7.92. The van der Waals surface area contributed by atoms with Gasteiger partial charge >= 0.3 is 0 Å². The molecule has 0 atom stereocenters. The van der Waals surface area contributed by atoms with Crippen molar-refractivity contribution in [1.82, 2.24) is 0 Å². The van der Waals surface area contributed by atoms with Gasteiger partial charge < -0.3 is 0 Å². The molecule has 0 aliphatic carbocycles. The molecular weight excluding hydrogens is 166 g/mol. The SMILES string of the molecule is [Cu].[Mg].[Mn].[Na]. The molecule has 21 valence electrons. The summed E-state index contributed by atoms with van der Waals surface area (Å²) >= 11 is 0. The molecule has 0 aromatic rings. The molecule has 0 heterocycles. The average Bonchev–Trinajstić information content (AvgIpc) is 0. The molecule has 0 bridgehead atoms. The van der Waals surface area contributed by atoms with Gasteiger partial charge in [0.15, 0.2) is 0 Å². The summed E-state index contributed by atoms with van der Waals surface area (Å²) in [7, 11) is 0. The summed E-state index contributed by atoms with van der Waals surface area (Å²) in [6, 6.07) is 0. The minimum absolute atomic E-state index is 0. The van der Waals surface area contributed by atoms with Crippen LogP contribution in [0.4, 0.5) is 0 Å². The third-order valence-electron chi connectivity index (χ3n) is 0. The van der Waals surface area contributed by atoms with Crippen molar-refractivity contribution in [3.05, 3.63) is 0 Å². The van der Waals surface area contributed by atoms with Crippen LogP contribution < -0.4 is 0 Å². The molecule has 0 spiro atoms. The standard InChI is InChI=1S/Cu.Mg.Mn.Na. The third kappa shape index (κ3) is 8.84. The molecule has 0 N–H and O–H groups in total. The largest absolute Gasteiger partial charge is 0 e. The molecule has 0 fully saturated rings. The molecule has 0 aromatic heterocycles. The zero-order valence-electron chi connectivity index (χ0n) is 2.39. The van der Waals surface area contributed by atoms with E-state index in [0.717, 1.165) is 0 Å². The summed E-state index contributed by atoms with van der Waals surface area (Å²) in [5.74, 6) is 0. The van der Waals surface area contributed by atoms with E-state index >= 15 is 0 Å². The maximum Gasteiger partial charge on any atom is 0 e. The maximum atomic E-state index is 0. The molecule has 4 heavy (non-hydrogen) atoms. The molecule has 5 radical (unpaired) electrons. The van der Waals surface area contributed by atoms with Crippen LogP contribution in [-0.2, 0) is 34.1 Å². The fraction of sp³-hybridized carbons (Fsp3) is 0. The Morgan fingerprint density at radius 2 is 1.00 bits per heavy atom. The Kier molecular flexibility index (Phi) is 124. The topological polar surface area (TPSA) is 0 Å². The van der Waals surface area contributed by atoms with Crippen LogP contribution in [0.5, 0.6) is 0 Å². The normalized spacial score (nSPS) is 0. The third-order valence-corrected chi connectivity index (χ3v) is 0. The first-order valence-corrected chi connectivity index (χ1v) is 0. The van der Waals surface area contributed by atoms with Crippen molar-refractivity contribution in [1.29, 1.82) is 0 Å². The van der Waals surface area contributed by atoms with Crippen molar-refractivity contribution >= 4 is 52.6 Å². The molecule has 4 heteroatoms. The van der Waals surface area contributed by atoms with Crippen LogP contribution >= 0.6 is 0 Å². The Hall–Kier alpha value is 2.81. The Labute approximate surface area is 85.2 Å². The predicted molar refractivity (Wildman–Crippen MR) is 11.5 cm³/mol. The second-order valence-corrected chi connectivity index (χ2v) is 0. The van der Waals surface area contributed by atoms with Gasteiger partial charge in [0.2, 0.25) is 0 Å². The van der Waals surface area contributed by atoms with Crippen molar-refractivity contribution in [3.63, 3.8) is 0 Å². The fourth-order valence-electron chi connectivity index (χ4n) is 0. The molecule has 0 saturated carbocycles. The molecular formula is CuMgMnNa. The average molecular weight is 166 g/mol. The van der Waals surface area contributed by atoms with Crippen molar-refractivity contribution in [2.45, 2.75) is 0 Å². The molecule has 0 aliphatic heterocycles. The first kappa shape index (κ1) is 29.1. The Morgan fingerprint density at radius 3 is 1.00 bits per heavy atom. The van der Waals surface area contributed by atoms with Crippen LogP contribution in [0, 0.1) is 0 Å². The van der Waals surface area contributed by atoms with Gasteiger partial charge in [-0.05, 0) is 0 Å². The summed E-state index contributed by atoms with van der Waals surface area (Å²) in [4.78, 5) is 0. The van der Waals surface area contributed by atoms with Crippen molar-refractivity contribution in [3.8, 4) is 0 Å². The molecule has 0 aromatic carbocycles. The van der Waals surface area contributed by atoms with Gasteiger partial charge in [-0.3, -0.25) is 0 Å². The minimum atomic E-state index is 0. The zero-order chi connectivity index (χ0) is 0.